The van der Waals surface area contributed by atoms with E-state index >= 15 is 0 Å². The maximum absolute atomic E-state index is 13.9. The van der Waals surface area contributed by atoms with Crippen LogP contribution in [0.15, 0.2) is 70.3 Å². The number of amides is 2. The van der Waals surface area contributed by atoms with Gasteiger partial charge in [0.25, 0.3) is 11.8 Å². The molecule has 0 bridgehead atoms. The number of hydrogen-bond donors (Lipinski definition) is 1. The number of benzene rings is 2. The van der Waals surface area contributed by atoms with Crippen LogP contribution in [0.5, 0.6) is 0 Å². The topological polar surface area (TPSA) is 162 Å². The van der Waals surface area contributed by atoms with Gasteiger partial charge in [-0.2, -0.15) is 9.40 Å². The highest BCUT2D eigenvalue weighted by Gasteiger charge is 2.35. The van der Waals surface area contributed by atoms with Crippen LogP contribution < -0.4 is 10.6 Å². The molecule has 5 aromatic rings. The molecule has 2 N–H and O–H groups in total. The molecule has 2 aromatic carbocycles. The van der Waals surface area contributed by atoms with E-state index in [1.54, 1.807) is 35.7 Å². The maximum Gasteiger partial charge on any atom is 0.277 e. The van der Waals surface area contributed by atoms with E-state index in [1.807, 2.05) is 55.5 Å². The van der Waals surface area contributed by atoms with Gasteiger partial charge in [-0.05, 0) is 63.6 Å². The van der Waals surface area contributed by atoms with Gasteiger partial charge in [0.05, 0.1) is 12.2 Å². The van der Waals surface area contributed by atoms with Crippen molar-refractivity contribution >= 4 is 27.5 Å². The van der Waals surface area contributed by atoms with Gasteiger partial charge in [-0.25, -0.2) is 18.1 Å². The third-order valence-electron chi connectivity index (χ3n) is 7.69. The second kappa shape index (κ2) is 10.9. The molecule has 1 aliphatic heterocycles. The largest absolute Gasteiger partial charge is 0.364 e. The molecule has 14 heteroatoms. The Hall–Kier alpha value is -5.08. The molecule has 0 radical (unpaired) electrons. The molecule has 13 nitrogen and oxygen atoms in total. The zero-order valence-corrected chi connectivity index (χ0v) is 25.4. The van der Waals surface area contributed by atoms with Gasteiger partial charge in [0.15, 0.2) is 11.5 Å². The predicted molar refractivity (Wildman–Crippen MR) is 160 cm³/mol. The van der Waals surface area contributed by atoms with Crippen molar-refractivity contribution in [2.45, 2.75) is 38.6 Å². The number of rotatable bonds is 8. The Balaban J connectivity index is 1.27. The van der Waals surface area contributed by atoms with Crippen LogP contribution in [0, 0.1) is 20.8 Å². The number of aromatic nitrogens is 5. The summed E-state index contributed by atoms with van der Waals surface area (Å²) in [4.78, 5) is 32.1. The van der Waals surface area contributed by atoms with E-state index in [-0.39, 0.29) is 28.8 Å². The maximum atomic E-state index is 13.9. The number of hydrogen-bond acceptors (Lipinski definition) is 8. The number of anilines is 1. The van der Waals surface area contributed by atoms with Crippen LogP contribution in [0.25, 0.3) is 11.4 Å². The molecule has 0 saturated carbocycles. The molecule has 6 rings (SSSR count). The summed E-state index contributed by atoms with van der Waals surface area (Å²) in [5.74, 6) is -0.260. The molecule has 0 saturated heterocycles. The Labute approximate surface area is 253 Å². The van der Waals surface area contributed by atoms with Crippen molar-refractivity contribution in [1.82, 2.24) is 28.8 Å². The smallest absolute Gasteiger partial charge is 0.277 e. The van der Waals surface area contributed by atoms with Crippen molar-refractivity contribution in [3.05, 3.63) is 101 Å². The number of aryl methyl sites for hydroxylation is 3. The van der Waals surface area contributed by atoms with Crippen LogP contribution >= 0.6 is 0 Å². The molecule has 0 spiro atoms. The second-order valence-electron chi connectivity index (χ2n) is 10.6. The van der Waals surface area contributed by atoms with Gasteiger partial charge in [0.1, 0.15) is 22.1 Å². The summed E-state index contributed by atoms with van der Waals surface area (Å²) in [6, 6.07) is 14.8. The van der Waals surface area contributed by atoms with E-state index in [4.69, 9.17) is 10.3 Å². The number of sulfonamides is 1. The van der Waals surface area contributed by atoms with Crippen molar-refractivity contribution in [1.29, 1.82) is 0 Å². The lowest BCUT2D eigenvalue weighted by molar-refractivity contribution is 0.0972. The molecule has 0 aliphatic carbocycles. The quantitative estimate of drug-likeness (QED) is 0.279. The van der Waals surface area contributed by atoms with Gasteiger partial charge in [-0.1, -0.05) is 22.9 Å². The van der Waals surface area contributed by atoms with Crippen molar-refractivity contribution in [3.63, 3.8) is 0 Å². The van der Waals surface area contributed by atoms with E-state index in [1.165, 1.54) is 16.0 Å². The number of nitrogens with zero attached hydrogens (tertiary/aromatic N) is 7. The summed E-state index contributed by atoms with van der Waals surface area (Å²) in [5.41, 5.74) is 9.93. The first-order valence-corrected chi connectivity index (χ1v) is 15.2. The molecule has 1 aliphatic rings. The van der Waals surface area contributed by atoms with Crippen LogP contribution in [-0.4, -0.2) is 62.6 Å². The average molecular weight is 615 g/mol. The summed E-state index contributed by atoms with van der Waals surface area (Å²) in [5, 5.41) is 8.19. The van der Waals surface area contributed by atoms with Crippen LogP contribution in [0.4, 0.5) is 5.69 Å². The molecule has 0 unspecified atom stereocenters. The number of nitrogens with two attached hydrogens (primary N) is 1. The first-order valence-electron chi connectivity index (χ1n) is 13.8. The fourth-order valence-corrected chi connectivity index (χ4v) is 6.85. The third kappa shape index (κ3) is 4.87. The zero-order valence-electron chi connectivity index (χ0n) is 24.6. The first-order chi connectivity index (χ1) is 21.0. The predicted octanol–water partition coefficient (Wildman–Crippen LogP) is 3.09. The first kappa shape index (κ1) is 29.0. The van der Waals surface area contributed by atoms with Crippen molar-refractivity contribution < 1.29 is 22.5 Å². The van der Waals surface area contributed by atoms with Gasteiger partial charge in [0.2, 0.25) is 10.0 Å². The Bertz CT molecular complexity index is 1990. The summed E-state index contributed by atoms with van der Waals surface area (Å²) in [6.07, 6.45) is 3.74. The van der Waals surface area contributed by atoms with E-state index in [9.17, 15) is 18.0 Å². The molecule has 0 fully saturated rings. The van der Waals surface area contributed by atoms with Crippen molar-refractivity contribution in [2.24, 2.45) is 5.73 Å². The van der Waals surface area contributed by atoms with Crippen molar-refractivity contribution in [3.8, 4) is 11.4 Å². The zero-order chi connectivity index (χ0) is 31.3. The number of carbonyl (C=O) groups excluding carboxylic acids is 2. The number of carbonyl (C=O) groups is 2. The lowest BCUT2D eigenvalue weighted by atomic mass is 10.0. The average Bonchev–Trinajstić information content (AvgIpc) is 3.71. The number of imidazole rings is 1. The normalized spacial score (nSPS) is 13.5. The fraction of sp³-hybridized carbons (Fsp3) is 0.233. The van der Waals surface area contributed by atoms with Gasteiger partial charge in [-0.3, -0.25) is 9.59 Å². The lowest BCUT2D eigenvalue weighted by Gasteiger charge is -2.28. The van der Waals surface area contributed by atoms with Gasteiger partial charge in [0, 0.05) is 42.9 Å². The van der Waals surface area contributed by atoms with E-state index in [0.717, 1.165) is 11.3 Å². The highest BCUT2D eigenvalue weighted by Crippen LogP contribution is 2.30. The monoisotopic (exact) mass is 614 g/mol. The Kier molecular flexibility index (Phi) is 7.18. The molecule has 44 heavy (non-hydrogen) atoms. The number of primary amides is 1. The minimum atomic E-state index is -3.87. The minimum Gasteiger partial charge on any atom is -0.364 e. The van der Waals surface area contributed by atoms with Crippen LogP contribution in [-0.2, 0) is 23.0 Å². The summed E-state index contributed by atoms with van der Waals surface area (Å²) >= 11 is 0. The number of fused-ring (bicyclic) bond motifs is 1. The highest BCUT2D eigenvalue weighted by atomic mass is 32.2. The molecule has 3 aromatic heterocycles. The van der Waals surface area contributed by atoms with E-state index in [2.05, 4.69) is 15.2 Å². The standard InChI is InChI=1S/C30H30N8O5S/c1-18-5-7-23(8-6-18)38-27-24(26(33-38)29(31)39)13-15-37(30(27)40)22-11-9-21(10-12-22)36-16-14-32-25(36)17-35(4)44(41,42)28-19(2)34-43-20(28)3/h5-12,14,16H,13,15,17H2,1-4H3,(H2,31,39). The highest BCUT2D eigenvalue weighted by molar-refractivity contribution is 7.89. The van der Waals surface area contributed by atoms with Crippen LogP contribution in [0.1, 0.15) is 49.4 Å². The Morgan fingerprint density at radius 2 is 1.68 bits per heavy atom. The lowest BCUT2D eigenvalue weighted by Crippen LogP contribution is -2.39. The van der Waals surface area contributed by atoms with Crippen LogP contribution in [0.3, 0.4) is 0 Å². The molecule has 4 heterocycles. The fourth-order valence-electron chi connectivity index (χ4n) is 5.44. The molecular weight excluding hydrogens is 584 g/mol. The summed E-state index contributed by atoms with van der Waals surface area (Å²) < 4.78 is 36.0. The summed E-state index contributed by atoms with van der Waals surface area (Å²) in [6.45, 7) is 5.44. The summed E-state index contributed by atoms with van der Waals surface area (Å²) in [7, 11) is -2.39. The third-order valence-corrected chi connectivity index (χ3v) is 9.73. The van der Waals surface area contributed by atoms with E-state index in [0.29, 0.717) is 47.1 Å². The molecule has 2 amide bonds. The van der Waals surface area contributed by atoms with Gasteiger partial charge >= 0.3 is 0 Å². The van der Waals surface area contributed by atoms with Gasteiger partial charge < -0.3 is 19.7 Å². The molecular formula is C30H30N8O5S. The molecule has 226 valence electrons. The Morgan fingerprint density at radius 1 is 1.02 bits per heavy atom. The van der Waals surface area contributed by atoms with Crippen molar-refractivity contribution in [2.75, 3.05) is 18.5 Å². The molecule has 0 atom stereocenters. The second-order valence-corrected chi connectivity index (χ2v) is 12.6. The van der Waals surface area contributed by atoms with E-state index < -0.39 is 15.9 Å². The van der Waals surface area contributed by atoms with Crippen LogP contribution in [0.2, 0.25) is 0 Å². The minimum absolute atomic E-state index is 0.000269. The Morgan fingerprint density at radius 3 is 2.32 bits per heavy atom. The van der Waals surface area contributed by atoms with Gasteiger partial charge in [-0.15, -0.1) is 0 Å². The SMILES string of the molecule is Cc1ccc(-n2nc(C(N)=O)c3c2C(=O)N(c2ccc(-n4ccnc4CN(C)S(=O)(=O)c4c(C)noc4C)cc2)CC3)cc1.